The van der Waals surface area contributed by atoms with Crippen LogP contribution in [0.4, 0.5) is 5.69 Å². The van der Waals surface area contributed by atoms with Crippen LogP contribution >= 0.6 is 15.9 Å². The lowest BCUT2D eigenvalue weighted by atomic mass is 9.96. The van der Waals surface area contributed by atoms with E-state index in [1.165, 1.54) is 12.1 Å². The van der Waals surface area contributed by atoms with Crippen LogP contribution in [0.25, 0.3) is 0 Å². The van der Waals surface area contributed by atoms with Crippen LogP contribution in [0.2, 0.25) is 0 Å². The third-order valence-electron chi connectivity index (χ3n) is 6.12. The Morgan fingerprint density at radius 3 is 2.42 bits per heavy atom. The zero-order valence-corrected chi connectivity index (χ0v) is 21.3. The molecule has 0 aromatic heterocycles. The van der Waals surface area contributed by atoms with E-state index >= 15 is 0 Å². The molecule has 0 unspecified atom stereocenters. The van der Waals surface area contributed by atoms with Crippen molar-refractivity contribution in [2.24, 2.45) is 11.0 Å². The van der Waals surface area contributed by atoms with Gasteiger partial charge in [-0.15, -0.1) is 0 Å². The van der Waals surface area contributed by atoms with Crippen LogP contribution in [-0.4, -0.2) is 35.0 Å². The Kier molecular flexibility index (Phi) is 8.80. The summed E-state index contributed by atoms with van der Waals surface area (Å²) in [6, 6.07) is 22.1. The number of ether oxygens (including phenoxy) is 1. The number of para-hydroxylation sites is 1. The molecular formula is C27H27BrN4O4. The van der Waals surface area contributed by atoms with Crippen LogP contribution in [0.1, 0.15) is 29.5 Å². The fraction of sp³-hybridized carbons (Fsp3) is 0.259. The van der Waals surface area contributed by atoms with Crippen molar-refractivity contribution in [1.82, 2.24) is 10.3 Å². The lowest BCUT2D eigenvalue weighted by molar-refractivity contribution is -0.384. The van der Waals surface area contributed by atoms with E-state index in [4.69, 9.17) is 4.74 Å². The number of hydrogen-bond donors (Lipinski definition) is 1. The first-order chi connectivity index (χ1) is 17.5. The molecule has 9 heteroatoms. The second kappa shape index (κ2) is 12.4. The first kappa shape index (κ1) is 25.5. The number of amides is 1. The highest BCUT2D eigenvalue weighted by atomic mass is 79.9. The Hall–Kier alpha value is -3.56. The van der Waals surface area contributed by atoms with Crippen molar-refractivity contribution in [3.8, 4) is 5.75 Å². The average Bonchev–Trinajstić information content (AvgIpc) is 2.90. The first-order valence-corrected chi connectivity index (χ1v) is 12.5. The average molecular weight is 551 g/mol. The van der Waals surface area contributed by atoms with Crippen molar-refractivity contribution in [2.75, 3.05) is 13.1 Å². The number of nitrogens with zero attached hydrogens (tertiary/aromatic N) is 3. The van der Waals surface area contributed by atoms with E-state index in [0.717, 1.165) is 47.1 Å². The van der Waals surface area contributed by atoms with E-state index in [-0.39, 0.29) is 17.5 Å². The number of non-ortho nitro benzene ring substituents is 1. The molecule has 4 rings (SSSR count). The maximum absolute atomic E-state index is 12.6. The minimum absolute atomic E-state index is 0.0884. The molecule has 1 heterocycles. The predicted molar refractivity (Wildman–Crippen MR) is 142 cm³/mol. The molecular weight excluding hydrogens is 524 g/mol. The number of rotatable bonds is 9. The van der Waals surface area contributed by atoms with Gasteiger partial charge in [-0.05, 0) is 61.3 Å². The fourth-order valence-electron chi connectivity index (χ4n) is 4.05. The Bertz CT molecular complexity index is 1210. The van der Waals surface area contributed by atoms with Gasteiger partial charge in [-0.25, -0.2) is 5.43 Å². The first-order valence-electron chi connectivity index (χ1n) is 11.7. The Morgan fingerprint density at radius 2 is 1.72 bits per heavy atom. The lowest BCUT2D eigenvalue weighted by Gasteiger charge is -2.30. The van der Waals surface area contributed by atoms with Crippen LogP contribution in [0.15, 0.2) is 82.4 Å². The summed E-state index contributed by atoms with van der Waals surface area (Å²) in [6.45, 7) is 2.71. The van der Waals surface area contributed by atoms with Crippen LogP contribution in [0.3, 0.4) is 0 Å². The summed E-state index contributed by atoms with van der Waals surface area (Å²) < 4.78 is 6.98. The zero-order chi connectivity index (χ0) is 25.3. The van der Waals surface area contributed by atoms with E-state index in [1.54, 1.807) is 18.3 Å². The van der Waals surface area contributed by atoms with Crippen molar-refractivity contribution in [2.45, 2.75) is 26.0 Å². The highest BCUT2D eigenvalue weighted by Crippen LogP contribution is 2.21. The molecule has 1 fully saturated rings. The molecule has 8 nitrogen and oxygen atoms in total. The largest absolute Gasteiger partial charge is 0.488 e. The topological polar surface area (TPSA) is 97.1 Å². The summed E-state index contributed by atoms with van der Waals surface area (Å²) in [6.07, 6.45) is 3.08. The molecule has 0 saturated carbocycles. The monoisotopic (exact) mass is 550 g/mol. The standard InChI is InChI=1S/C27H27BrN4O4/c28-24-9-5-21(6-10-24)19-36-26-4-2-1-3-23(26)17-29-30-27(33)22-13-15-31(16-14-22)18-20-7-11-25(12-8-20)32(34)35/h1-12,17,22H,13-16,18-19H2,(H,30,33)/b29-17+. The van der Waals surface area contributed by atoms with Gasteiger partial charge in [-0.3, -0.25) is 19.8 Å². The van der Waals surface area contributed by atoms with Gasteiger partial charge in [0.25, 0.3) is 5.69 Å². The van der Waals surface area contributed by atoms with Crippen molar-refractivity contribution >= 4 is 33.7 Å². The molecule has 3 aromatic carbocycles. The Morgan fingerprint density at radius 1 is 1.06 bits per heavy atom. The fourth-order valence-corrected chi connectivity index (χ4v) is 4.32. The normalized spacial score (nSPS) is 14.6. The number of nitro benzene ring substituents is 1. The minimum atomic E-state index is -0.397. The second-order valence-corrected chi connectivity index (χ2v) is 9.58. The molecule has 0 radical (unpaired) electrons. The number of halogens is 1. The summed E-state index contributed by atoms with van der Waals surface area (Å²) in [7, 11) is 0. The van der Waals surface area contributed by atoms with Crippen molar-refractivity contribution in [3.05, 3.63) is 104 Å². The number of hydrogen-bond acceptors (Lipinski definition) is 6. The molecule has 186 valence electrons. The molecule has 1 saturated heterocycles. The smallest absolute Gasteiger partial charge is 0.269 e. The molecule has 1 aliphatic rings. The van der Waals surface area contributed by atoms with Gasteiger partial charge < -0.3 is 4.74 Å². The third-order valence-corrected chi connectivity index (χ3v) is 6.65. The maximum Gasteiger partial charge on any atom is 0.269 e. The van der Waals surface area contributed by atoms with Crippen LogP contribution in [0, 0.1) is 16.0 Å². The van der Waals surface area contributed by atoms with Crippen LogP contribution < -0.4 is 10.2 Å². The number of carbonyl (C=O) groups is 1. The number of nitrogens with one attached hydrogen (secondary N) is 1. The number of piperidine rings is 1. The number of hydrazone groups is 1. The van der Waals surface area contributed by atoms with Crippen LogP contribution in [0.5, 0.6) is 5.75 Å². The molecule has 0 bridgehead atoms. The highest BCUT2D eigenvalue weighted by Gasteiger charge is 2.25. The van der Waals surface area contributed by atoms with E-state index in [9.17, 15) is 14.9 Å². The Labute approximate surface area is 218 Å². The van der Waals surface area contributed by atoms with Gasteiger partial charge in [0.2, 0.25) is 5.91 Å². The predicted octanol–water partition coefficient (Wildman–Crippen LogP) is 5.30. The molecule has 1 aliphatic heterocycles. The minimum Gasteiger partial charge on any atom is -0.488 e. The van der Waals surface area contributed by atoms with E-state index < -0.39 is 4.92 Å². The summed E-state index contributed by atoms with van der Waals surface area (Å²) in [5, 5.41) is 15.0. The number of likely N-dealkylation sites (tertiary alicyclic amines) is 1. The highest BCUT2D eigenvalue weighted by molar-refractivity contribution is 9.10. The molecule has 0 atom stereocenters. The Balaban J connectivity index is 1.24. The second-order valence-electron chi connectivity index (χ2n) is 8.66. The van der Waals surface area contributed by atoms with Crippen molar-refractivity contribution < 1.29 is 14.5 Å². The van der Waals surface area contributed by atoms with Gasteiger partial charge in [-0.2, -0.15) is 5.10 Å². The summed E-state index contributed by atoms with van der Waals surface area (Å²) in [5.41, 5.74) is 5.63. The van der Waals surface area contributed by atoms with E-state index in [1.807, 2.05) is 48.5 Å². The van der Waals surface area contributed by atoms with E-state index in [2.05, 4.69) is 31.4 Å². The van der Waals surface area contributed by atoms with Gasteiger partial charge in [0.05, 0.1) is 11.1 Å². The molecule has 3 aromatic rings. The number of benzene rings is 3. The zero-order valence-electron chi connectivity index (χ0n) is 19.7. The van der Waals surface area contributed by atoms with Gasteiger partial charge in [-0.1, -0.05) is 52.3 Å². The van der Waals surface area contributed by atoms with Crippen molar-refractivity contribution in [3.63, 3.8) is 0 Å². The summed E-state index contributed by atoms with van der Waals surface area (Å²) in [5.74, 6) is 0.506. The summed E-state index contributed by atoms with van der Waals surface area (Å²) >= 11 is 3.43. The molecule has 0 spiro atoms. The van der Waals surface area contributed by atoms with Gasteiger partial charge in [0.1, 0.15) is 12.4 Å². The van der Waals surface area contributed by atoms with Crippen LogP contribution in [-0.2, 0) is 17.9 Å². The molecule has 36 heavy (non-hydrogen) atoms. The third kappa shape index (κ3) is 7.22. The number of nitro groups is 1. The lowest BCUT2D eigenvalue weighted by Crippen LogP contribution is -2.39. The van der Waals surface area contributed by atoms with Gasteiger partial charge in [0.15, 0.2) is 0 Å². The molecule has 1 N–H and O–H groups in total. The quantitative estimate of drug-likeness (QED) is 0.221. The maximum atomic E-state index is 12.6. The number of carbonyl (C=O) groups excluding carboxylic acids is 1. The van der Waals surface area contributed by atoms with Gasteiger partial charge in [0, 0.05) is 34.6 Å². The van der Waals surface area contributed by atoms with Crippen molar-refractivity contribution in [1.29, 1.82) is 0 Å². The summed E-state index contributed by atoms with van der Waals surface area (Å²) in [4.78, 5) is 25.3. The molecule has 0 aliphatic carbocycles. The van der Waals surface area contributed by atoms with Gasteiger partial charge >= 0.3 is 0 Å². The van der Waals surface area contributed by atoms with E-state index in [0.29, 0.717) is 18.9 Å². The SMILES string of the molecule is O=C(N/N=C/c1ccccc1OCc1ccc(Br)cc1)C1CCN(Cc2ccc([N+](=O)[O-])cc2)CC1. The molecule has 1 amide bonds.